The van der Waals surface area contributed by atoms with Gasteiger partial charge in [-0.25, -0.2) is 12.8 Å². The third-order valence-corrected chi connectivity index (χ3v) is 5.57. The predicted molar refractivity (Wildman–Crippen MR) is 90.4 cm³/mol. The van der Waals surface area contributed by atoms with Crippen molar-refractivity contribution in [1.29, 1.82) is 0 Å². The van der Waals surface area contributed by atoms with Crippen LogP contribution in [0.5, 0.6) is 0 Å². The zero-order valence-corrected chi connectivity index (χ0v) is 14.3. The van der Waals surface area contributed by atoms with Crippen molar-refractivity contribution < 1.29 is 22.4 Å². The van der Waals surface area contributed by atoms with E-state index in [-0.39, 0.29) is 28.2 Å². The maximum Gasteiger partial charge on any atom is 0.251 e. The molecule has 0 atom stereocenters. The Labute approximate surface area is 144 Å². The number of benzene rings is 2. The molecular weight excluding hydrogens is 347 g/mol. The molecule has 25 heavy (non-hydrogen) atoms. The minimum atomic E-state index is -3.35. The molecule has 0 aromatic heterocycles. The topological polar surface area (TPSA) is 120 Å². The van der Waals surface area contributed by atoms with Crippen molar-refractivity contribution in [2.24, 2.45) is 11.5 Å². The first-order valence-electron chi connectivity index (χ1n) is 7.40. The van der Waals surface area contributed by atoms with Gasteiger partial charge in [0.05, 0.1) is 16.2 Å². The molecule has 2 aromatic carbocycles. The van der Waals surface area contributed by atoms with Gasteiger partial charge in [-0.05, 0) is 41.8 Å². The summed E-state index contributed by atoms with van der Waals surface area (Å²) in [7, 11) is -3.35. The van der Waals surface area contributed by atoms with Crippen LogP contribution in [-0.4, -0.2) is 26.0 Å². The van der Waals surface area contributed by atoms with E-state index in [1.807, 2.05) is 0 Å². The Morgan fingerprint density at radius 2 is 1.60 bits per heavy atom. The van der Waals surface area contributed by atoms with Crippen molar-refractivity contribution in [1.82, 2.24) is 0 Å². The number of sulfone groups is 1. The second kappa shape index (κ2) is 7.02. The van der Waals surface area contributed by atoms with Crippen molar-refractivity contribution in [3.8, 4) is 0 Å². The number of primary amides is 2. The van der Waals surface area contributed by atoms with Gasteiger partial charge in [0.1, 0.15) is 5.82 Å². The van der Waals surface area contributed by atoms with Gasteiger partial charge >= 0.3 is 0 Å². The van der Waals surface area contributed by atoms with E-state index in [0.29, 0.717) is 5.56 Å². The summed E-state index contributed by atoms with van der Waals surface area (Å²) in [4.78, 5) is 23.3. The lowest BCUT2D eigenvalue weighted by molar-refractivity contribution is 0.0995. The summed E-state index contributed by atoms with van der Waals surface area (Å²) in [5.74, 6) is -2.71. The molecule has 0 fully saturated rings. The molecule has 0 saturated heterocycles. The lowest BCUT2D eigenvalue weighted by atomic mass is 9.93. The number of rotatable bonds is 6. The molecule has 0 bridgehead atoms. The van der Waals surface area contributed by atoms with Crippen molar-refractivity contribution in [2.75, 3.05) is 5.75 Å². The Hall–Kier alpha value is -2.74. The number of halogens is 1. The highest BCUT2D eigenvalue weighted by Gasteiger charge is 2.21. The van der Waals surface area contributed by atoms with E-state index >= 15 is 0 Å². The largest absolute Gasteiger partial charge is 0.366 e. The lowest BCUT2D eigenvalue weighted by Crippen LogP contribution is -2.21. The summed E-state index contributed by atoms with van der Waals surface area (Å²) in [6, 6.07) is 8.05. The zero-order chi connectivity index (χ0) is 18.8. The smallest absolute Gasteiger partial charge is 0.251 e. The highest BCUT2D eigenvalue weighted by Crippen LogP contribution is 2.23. The molecule has 2 aromatic rings. The number of carbonyl (C=O) groups is 2. The minimum absolute atomic E-state index is 0.000753. The van der Waals surface area contributed by atoms with Gasteiger partial charge in [-0.3, -0.25) is 9.59 Å². The minimum Gasteiger partial charge on any atom is -0.366 e. The molecule has 0 heterocycles. The van der Waals surface area contributed by atoms with Crippen molar-refractivity contribution >= 4 is 21.7 Å². The Bertz CT molecular complexity index is 938. The first-order valence-corrected chi connectivity index (χ1v) is 9.05. The van der Waals surface area contributed by atoms with Gasteiger partial charge in [-0.2, -0.15) is 0 Å². The summed E-state index contributed by atoms with van der Waals surface area (Å²) in [6.07, 6.45) is 0.000753. The normalized spacial score (nSPS) is 11.3. The standard InChI is InChI=1S/C17H17FN2O4S/c1-2-25(23,24)11-5-3-10(4-6-11)9-13-12(16(19)21)7-8-14(18)15(13)17(20)22/h3-8H,2,9H2,1H3,(H2,19,21)(H2,20,22). The van der Waals surface area contributed by atoms with Gasteiger partial charge in [-0.1, -0.05) is 19.1 Å². The van der Waals surface area contributed by atoms with Crippen LogP contribution in [0.2, 0.25) is 0 Å². The molecule has 0 saturated carbocycles. The van der Waals surface area contributed by atoms with Crippen LogP contribution in [0.25, 0.3) is 0 Å². The summed E-state index contributed by atoms with van der Waals surface area (Å²) in [5.41, 5.74) is 10.8. The Balaban J connectivity index is 2.51. The molecule has 6 nitrogen and oxygen atoms in total. The first-order chi connectivity index (χ1) is 11.7. The SMILES string of the molecule is CCS(=O)(=O)c1ccc(Cc2c(C(N)=O)ccc(F)c2C(N)=O)cc1. The van der Waals surface area contributed by atoms with Crippen molar-refractivity contribution in [2.45, 2.75) is 18.2 Å². The number of carbonyl (C=O) groups excluding carboxylic acids is 2. The average molecular weight is 364 g/mol. The Kier molecular flexibility index (Phi) is 5.22. The number of hydrogen-bond acceptors (Lipinski definition) is 4. The van der Waals surface area contributed by atoms with E-state index in [2.05, 4.69) is 0 Å². The average Bonchev–Trinajstić information content (AvgIpc) is 2.54. The molecule has 0 aliphatic heterocycles. The van der Waals surface area contributed by atoms with Crippen molar-refractivity contribution in [3.05, 3.63) is 64.5 Å². The molecule has 2 rings (SSSR count). The van der Waals surface area contributed by atoms with Crippen LogP contribution < -0.4 is 11.5 Å². The van der Waals surface area contributed by atoms with Crippen LogP contribution in [0.15, 0.2) is 41.3 Å². The molecule has 132 valence electrons. The highest BCUT2D eigenvalue weighted by atomic mass is 32.2. The van der Waals surface area contributed by atoms with Gasteiger partial charge in [0.2, 0.25) is 5.91 Å². The monoisotopic (exact) mass is 364 g/mol. The van der Waals surface area contributed by atoms with Gasteiger partial charge in [0, 0.05) is 5.56 Å². The fourth-order valence-corrected chi connectivity index (χ4v) is 3.37. The fourth-order valence-electron chi connectivity index (χ4n) is 2.49. The molecule has 0 unspecified atom stereocenters. The highest BCUT2D eigenvalue weighted by molar-refractivity contribution is 7.91. The summed E-state index contributed by atoms with van der Waals surface area (Å²) in [6.45, 7) is 1.54. The van der Waals surface area contributed by atoms with Crippen LogP contribution in [-0.2, 0) is 16.3 Å². The first kappa shape index (κ1) is 18.6. The molecule has 2 amide bonds. The molecule has 0 spiro atoms. The molecule has 0 aliphatic rings. The Morgan fingerprint density at radius 3 is 2.08 bits per heavy atom. The van der Waals surface area contributed by atoms with Crippen LogP contribution in [0.1, 0.15) is 38.8 Å². The number of nitrogens with two attached hydrogens (primary N) is 2. The van der Waals surface area contributed by atoms with Crippen LogP contribution in [0.3, 0.4) is 0 Å². The Morgan fingerprint density at radius 1 is 1.00 bits per heavy atom. The van der Waals surface area contributed by atoms with E-state index in [9.17, 15) is 22.4 Å². The predicted octanol–water partition coefficient (Wildman–Crippen LogP) is 1.41. The molecular formula is C17H17FN2O4S. The third kappa shape index (κ3) is 3.85. The third-order valence-electron chi connectivity index (χ3n) is 3.82. The van der Waals surface area contributed by atoms with Crippen LogP contribution >= 0.6 is 0 Å². The molecule has 0 aliphatic carbocycles. The molecule has 8 heteroatoms. The van der Waals surface area contributed by atoms with E-state index in [0.717, 1.165) is 6.07 Å². The van der Waals surface area contributed by atoms with E-state index in [1.54, 1.807) is 0 Å². The molecule has 4 N–H and O–H groups in total. The number of amides is 2. The van der Waals surface area contributed by atoms with Crippen molar-refractivity contribution in [3.63, 3.8) is 0 Å². The van der Waals surface area contributed by atoms with Crippen LogP contribution in [0, 0.1) is 5.82 Å². The van der Waals surface area contributed by atoms with E-state index in [4.69, 9.17) is 11.5 Å². The fraction of sp³-hybridized carbons (Fsp3) is 0.176. The van der Waals surface area contributed by atoms with Crippen LogP contribution in [0.4, 0.5) is 4.39 Å². The second-order valence-electron chi connectivity index (χ2n) is 5.40. The molecule has 0 radical (unpaired) electrons. The maximum atomic E-state index is 14.0. The zero-order valence-electron chi connectivity index (χ0n) is 13.5. The van der Waals surface area contributed by atoms with Gasteiger partial charge in [0.25, 0.3) is 5.91 Å². The van der Waals surface area contributed by atoms with Gasteiger partial charge in [0.15, 0.2) is 9.84 Å². The van der Waals surface area contributed by atoms with Gasteiger partial charge < -0.3 is 11.5 Å². The maximum absolute atomic E-state index is 14.0. The summed E-state index contributed by atoms with van der Waals surface area (Å²) in [5, 5.41) is 0. The second-order valence-corrected chi connectivity index (χ2v) is 7.68. The number of hydrogen-bond donors (Lipinski definition) is 2. The van der Waals surface area contributed by atoms with E-state index in [1.165, 1.54) is 37.3 Å². The van der Waals surface area contributed by atoms with Gasteiger partial charge in [-0.15, -0.1) is 0 Å². The summed E-state index contributed by atoms with van der Waals surface area (Å²) >= 11 is 0. The summed E-state index contributed by atoms with van der Waals surface area (Å²) < 4.78 is 37.6. The quantitative estimate of drug-likeness (QED) is 0.805. The lowest BCUT2D eigenvalue weighted by Gasteiger charge is -2.12. The van der Waals surface area contributed by atoms with E-state index < -0.39 is 33.0 Å².